The number of amides is 1. The molecule has 10 heteroatoms. The van der Waals surface area contributed by atoms with Crippen LogP contribution in [0.15, 0.2) is 53.6 Å². The van der Waals surface area contributed by atoms with Crippen molar-refractivity contribution < 1.29 is 27.1 Å². The summed E-state index contributed by atoms with van der Waals surface area (Å²) in [5, 5.41) is 3.75. The van der Waals surface area contributed by atoms with Crippen LogP contribution in [0, 0.1) is 5.82 Å². The largest absolute Gasteiger partial charge is 0.427 e. The molecule has 1 N–H and O–H groups in total. The fourth-order valence-electron chi connectivity index (χ4n) is 2.16. The van der Waals surface area contributed by atoms with Gasteiger partial charge in [-0.1, -0.05) is 6.07 Å². The van der Waals surface area contributed by atoms with Gasteiger partial charge in [-0.05, 0) is 48.0 Å². The van der Waals surface area contributed by atoms with E-state index in [4.69, 9.17) is 4.74 Å². The number of ether oxygens (including phenoxy) is 1. The van der Waals surface area contributed by atoms with Crippen LogP contribution in [-0.4, -0.2) is 39.3 Å². The average Bonchev–Trinajstić information content (AvgIpc) is 2.60. The number of benzene rings is 2. The van der Waals surface area contributed by atoms with Crippen molar-refractivity contribution in [1.82, 2.24) is 5.43 Å². The van der Waals surface area contributed by atoms with E-state index in [1.807, 2.05) is 0 Å². The molecule has 148 valence electrons. The fourth-order valence-corrected chi connectivity index (χ4v) is 3.01. The molecule has 0 aliphatic heterocycles. The standard InChI is InChI=1S/C18H18FN3O5S/c1-13(23)27-17-8-6-14(7-9-17)11-20-21-18(24)12-22(28(2,25)26)16-5-3-4-15(19)10-16/h3-11H,12H2,1-2H3,(H,21,24)/b20-11-. The minimum atomic E-state index is -3.81. The predicted octanol–water partition coefficient (Wildman–Crippen LogP) is 1.67. The number of carbonyl (C=O) groups excluding carboxylic acids is 2. The minimum Gasteiger partial charge on any atom is -0.427 e. The molecular weight excluding hydrogens is 389 g/mol. The molecule has 0 saturated carbocycles. The van der Waals surface area contributed by atoms with Crippen LogP contribution in [0.1, 0.15) is 12.5 Å². The molecule has 0 unspecified atom stereocenters. The molecule has 0 spiro atoms. The zero-order valence-corrected chi connectivity index (χ0v) is 15.9. The summed E-state index contributed by atoms with van der Waals surface area (Å²) < 4.78 is 42.9. The molecule has 2 rings (SSSR count). The molecule has 0 atom stereocenters. The van der Waals surface area contributed by atoms with Gasteiger partial charge in [0, 0.05) is 6.92 Å². The number of esters is 1. The highest BCUT2D eigenvalue weighted by molar-refractivity contribution is 7.92. The van der Waals surface area contributed by atoms with Gasteiger partial charge in [0.1, 0.15) is 18.1 Å². The molecule has 0 saturated heterocycles. The van der Waals surface area contributed by atoms with E-state index < -0.39 is 34.3 Å². The zero-order valence-electron chi connectivity index (χ0n) is 15.1. The Morgan fingerprint density at radius 3 is 2.46 bits per heavy atom. The molecule has 28 heavy (non-hydrogen) atoms. The Bertz CT molecular complexity index is 991. The SMILES string of the molecule is CC(=O)Oc1ccc(/C=N\NC(=O)CN(c2cccc(F)c2)S(C)(=O)=O)cc1. The quantitative estimate of drug-likeness (QED) is 0.325. The van der Waals surface area contributed by atoms with Crippen molar-refractivity contribution in [1.29, 1.82) is 0 Å². The lowest BCUT2D eigenvalue weighted by Crippen LogP contribution is -2.39. The Kier molecular flexibility index (Phi) is 6.83. The Labute approximate surface area is 161 Å². The maximum absolute atomic E-state index is 13.4. The number of sulfonamides is 1. The van der Waals surface area contributed by atoms with Gasteiger partial charge in [-0.15, -0.1) is 0 Å². The highest BCUT2D eigenvalue weighted by Crippen LogP contribution is 2.18. The van der Waals surface area contributed by atoms with Crippen LogP contribution in [0.3, 0.4) is 0 Å². The summed E-state index contributed by atoms with van der Waals surface area (Å²) in [4.78, 5) is 22.9. The normalized spacial score (nSPS) is 11.2. The van der Waals surface area contributed by atoms with Gasteiger partial charge >= 0.3 is 5.97 Å². The van der Waals surface area contributed by atoms with Gasteiger partial charge < -0.3 is 4.74 Å². The second-order valence-corrected chi connectivity index (χ2v) is 7.61. The molecule has 0 aromatic heterocycles. The maximum Gasteiger partial charge on any atom is 0.308 e. The van der Waals surface area contributed by atoms with Crippen molar-refractivity contribution in [3.8, 4) is 5.75 Å². The number of hydrazone groups is 1. The molecule has 0 fully saturated rings. The Morgan fingerprint density at radius 2 is 1.89 bits per heavy atom. The third-order valence-electron chi connectivity index (χ3n) is 3.33. The number of anilines is 1. The number of hydrogen-bond acceptors (Lipinski definition) is 6. The summed E-state index contributed by atoms with van der Waals surface area (Å²) in [6.45, 7) is 0.722. The summed E-state index contributed by atoms with van der Waals surface area (Å²) in [5.74, 6) is -1.40. The Balaban J connectivity index is 2.01. The molecular formula is C18H18FN3O5S. The Hall–Kier alpha value is -3.27. The lowest BCUT2D eigenvalue weighted by atomic mass is 10.2. The molecule has 0 radical (unpaired) electrons. The van der Waals surface area contributed by atoms with Gasteiger partial charge in [0.25, 0.3) is 5.91 Å². The first kappa shape index (κ1) is 21.0. The number of carbonyl (C=O) groups is 2. The van der Waals surface area contributed by atoms with Gasteiger partial charge in [0.05, 0.1) is 18.2 Å². The van der Waals surface area contributed by atoms with Gasteiger partial charge in [-0.3, -0.25) is 13.9 Å². The summed E-state index contributed by atoms with van der Waals surface area (Å²) in [7, 11) is -3.81. The van der Waals surface area contributed by atoms with Crippen molar-refractivity contribution in [3.05, 3.63) is 59.9 Å². The minimum absolute atomic E-state index is 0.0303. The summed E-state index contributed by atoms with van der Waals surface area (Å²) >= 11 is 0. The number of halogens is 1. The molecule has 2 aromatic rings. The van der Waals surface area contributed by atoms with Crippen molar-refractivity contribution in [3.63, 3.8) is 0 Å². The highest BCUT2D eigenvalue weighted by atomic mass is 32.2. The van der Waals surface area contributed by atoms with Gasteiger partial charge in [-0.25, -0.2) is 18.2 Å². The fraction of sp³-hybridized carbons (Fsp3) is 0.167. The van der Waals surface area contributed by atoms with E-state index in [0.717, 1.165) is 16.6 Å². The van der Waals surface area contributed by atoms with E-state index in [0.29, 0.717) is 11.3 Å². The number of nitrogens with zero attached hydrogens (tertiary/aromatic N) is 2. The summed E-state index contributed by atoms with van der Waals surface area (Å²) in [6, 6.07) is 11.2. The van der Waals surface area contributed by atoms with Crippen LogP contribution in [0.5, 0.6) is 5.75 Å². The monoisotopic (exact) mass is 407 g/mol. The summed E-state index contributed by atoms with van der Waals surface area (Å²) in [6.07, 6.45) is 2.25. The lowest BCUT2D eigenvalue weighted by molar-refractivity contribution is -0.131. The number of hydrogen-bond donors (Lipinski definition) is 1. The predicted molar refractivity (Wildman–Crippen MR) is 102 cm³/mol. The second-order valence-electron chi connectivity index (χ2n) is 5.71. The van der Waals surface area contributed by atoms with Crippen LogP contribution < -0.4 is 14.5 Å². The van der Waals surface area contributed by atoms with Gasteiger partial charge in [0.15, 0.2) is 0 Å². The molecule has 0 heterocycles. The van der Waals surface area contributed by atoms with E-state index in [2.05, 4.69) is 10.5 Å². The van der Waals surface area contributed by atoms with Crippen molar-refractivity contribution in [2.45, 2.75) is 6.92 Å². The van der Waals surface area contributed by atoms with Crippen LogP contribution in [0.2, 0.25) is 0 Å². The van der Waals surface area contributed by atoms with E-state index in [-0.39, 0.29) is 5.69 Å². The maximum atomic E-state index is 13.4. The lowest BCUT2D eigenvalue weighted by Gasteiger charge is -2.21. The topological polar surface area (TPSA) is 105 Å². The molecule has 1 amide bonds. The third-order valence-corrected chi connectivity index (χ3v) is 4.47. The van der Waals surface area contributed by atoms with Crippen LogP contribution >= 0.6 is 0 Å². The summed E-state index contributed by atoms with van der Waals surface area (Å²) in [5.41, 5.74) is 2.85. The van der Waals surface area contributed by atoms with Crippen LogP contribution in [0.4, 0.5) is 10.1 Å². The van der Waals surface area contributed by atoms with Gasteiger partial charge in [-0.2, -0.15) is 5.10 Å². The third kappa shape index (κ3) is 6.47. The molecule has 8 nitrogen and oxygen atoms in total. The van der Waals surface area contributed by atoms with Crippen LogP contribution in [0.25, 0.3) is 0 Å². The van der Waals surface area contributed by atoms with Crippen LogP contribution in [-0.2, 0) is 19.6 Å². The first-order valence-corrected chi connectivity index (χ1v) is 9.83. The van der Waals surface area contributed by atoms with Crippen molar-refractivity contribution >= 4 is 33.8 Å². The second kappa shape index (κ2) is 9.09. The van der Waals surface area contributed by atoms with Crippen molar-refractivity contribution in [2.24, 2.45) is 5.10 Å². The highest BCUT2D eigenvalue weighted by Gasteiger charge is 2.21. The molecule has 2 aromatic carbocycles. The van der Waals surface area contributed by atoms with E-state index in [1.165, 1.54) is 31.3 Å². The molecule has 0 aliphatic rings. The smallest absolute Gasteiger partial charge is 0.308 e. The Morgan fingerprint density at radius 1 is 1.21 bits per heavy atom. The molecule has 0 aliphatic carbocycles. The number of rotatable bonds is 7. The average molecular weight is 407 g/mol. The first-order chi connectivity index (χ1) is 13.1. The first-order valence-electron chi connectivity index (χ1n) is 7.99. The van der Waals surface area contributed by atoms with Gasteiger partial charge in [0.2, 0.25) is 10.0 Å². The van der Waals surface area contributed by atoms with Crippen molar-refractivity contribution in [2.75, 3.05) is 17.1 Å². The van der Waals surface area contributed by atoms with E-state index in [1.54, 1.807) is 24.3 Å². The molecule has 0 bridgehead atoms. The van der Waals surface area contributed by atoms with E-state index >= 15 is 0 Å². The van der Waals surface area contributed by atoms with E-state index in [9.17, 15) is 22.4 Å². The number of nitrogens with one attached hydrogen (secondary N) is 1. The zero-order chi connectivity index (χ0) is 20.7.